The summed E-state index contributed by atoms with van der Waals surface area (Å²) in [6.45, 7) is 3.31. The Hall–Kier alpha value is -3.06. The molecule has 0 saturated heterocycles. The van der Waals surface area contributed by atoms with Gasteiger partial charge < -0.3 is 15.4 Å². The lowest BCUT2D eigenvalue weighted by molar-refractivity contribution is -0.119. The zero-order valence-electron chi connectivity index (χ0n) is 15.2. The number of para-hydroxylation sites is 1. The number of amides is 2. The van der Waals surface area contributed by atoms with Crippen LogP contribution in [-0.2, 0) is 20.7 Å². The molecular formula is C21H20N2O4S. The Labute approximate surface area is 167 Å². The number of anilines is 2. The summed E-state index contributed by atoms with van der Waals surface area (Å²) in [6.07, 6.45) is 2.74. The lowest BCUT2D eigenvalue weighted by atomic mass is 10.0. The Morgan fingerprint density at radius 3 is 2.86 bits per heavy atom. The number of ether oxygens (including phenoxy) is 1. The maximum atomic E-state index is 12.3. The van der Waals surface area contributed by atoms with E-state index in [1.54, 1.807) is 42.1 Å². The van der Waals surface area contributed by atoms with Crippen LogP contribution in [-0.4, -0.2) is 30.1 Å². The van der Waals surface area contributed by atoms with Crippen LogP contribution in [0, 0.1) is 0 Å². The fourth-order valence-corrected chi connectivity index (χ4v) is 3.50. The number of carbonyl (C=O) groups excluding carboxylic acids is 3. The number of nitrogens with one attached hydrogen (secondary N) is 2. The van der Waals surface area contributed by atoms with Gasteiger partial charge in [-0.15, -0.1) is 18.3 Å². The van der Waals surface area contributed by atoms with Crippen LogP contribution in [0.15, 0.2) is 60.0 Å². The normalized spacial score (nSPS) is 12.5. The van der Waals surface area contributed by atoms with Crippen molar-refractivity contribution in [2.24, 2.45) is 0 Å². The van der Waals surface area contributed by atoms with Crippen LogP contribution in [0.3, 0.4) is 0 Å². The van der Waals surface area contributed by atoms with Crippen LogP contribution in [0.1, 0.15) is 22.3 Å². The molecule has 2 aromatic rings. The summed E-state index contributed by atoms with van der Waals surface area (Å²) in [5, 5.41) is 5.52. The molecule has 0 bridgehead atoms. The minimum Gasteiger partial charge on any atom is -0.452 e. The number of benzene rings is 2. The van der Waals surface area contributed by atoms with Crippen LogP contribution in [0.5, 0.6) is 0 Å². The van der Waals surface area contributed by atoms with Gasteiger partial charge in [-0.05, 0) is 42.3 Å². The summed E-state index contributed by atoms with van der Waals surface area (Å²) >= 11 is 1.55. The molecule has 1 aliphatic heterocycles. The van der Waals surface area contributed by atoms with E-state index in [-0.39, 0.29) is 12.5 Å². The van der Waals surface area contributed by atoms with Crippen molar-refractivity contribution in [2.45, 2.75) is 17.7 Å². The standard InChI is InChI=1S/C21H20N2O4S/c1-2-11-28-18-6-4-3-5-17(18)23-20(25)13-27-21(26)15-7-9-16-14(12-15)8-10-19(24)22-16/h2-7,9,12H,1,8,10-11,13H2,(H,22,24)(H,23,25). The molecule has 1 aliphatic rings. The molecule has 7 heteroatoms. The summed E-state index contributed by atoms with van der Waals surface area (Å²) in [4.78, 5) is 36.7. The van der Waals surface area contributed by atoms with Gasteiger partial charge in [0, 0.05) is 22.8 Å². The molecule has 28 heavy (non-hydrogen) atoms. The highest BCUT2D eigenvalue weighted by Crippen LogP contribution is 2.27. The summed E-state index contributed by atoms with van der Waals surface area (Å²) in [5.74, 6) is -0.305. The summed E-state index contributed by atoms with van der Waals surface area (Å²) < 4.78 is 5.13. The molecule has 0 aliphatic carbocycles. The van der Waals surface area contributed by atoms with Crippen molar-refractivity contribution >= 4 is 40.9 Å². The molecule has 0 aromatic heterocycles. The number of rotatable bonds is 7. The zero-order valence-corrected chi connectivity index (χ0v) is 16.0. The molecule has 0 radical (unpaired) electrons. The summed E-state index contributed by atoms with van der Waals surface area (Å²) in [7, 11) is 0. The fourth-order valence-electron chi connectivity index (χ4n) is 2.76. The number of esters is 1. The van der Waals surface area contributed by atoms with Crippen molar-refractivity contribution in [2.75, 3.05) is 23.0 Å². The van der Waals surface area contributed by atoms with E-state index in [2.05, 4.69) is 17.2 Å². The first-order chi connectivity index (χ1) is 13.6. The zero-order chi connectivity index (χ0) is 19.9. The number of hydrogen-bond donors (Lipinski definition) is 2. The van der Waals surface area contributed by atoms with Crippen molar-refractivity contribution < 1.29 is 19.1 Å². The smallest absolute Gasteiger partial charge is 0.338 e. The first-order valence-corrected chi connectivity index (χ1v) is 9.78. The molecule has 0 unspecified atom stereocenters. The second-order valence-electron chi connectivity index (χ2n) is 6.14. The number of carbonyl (C=O) groups is 3. The van der Waals surface area contributed by atoms with Crippen LogP contribution >= 0.6 is 11.8 Å². The van der Waals surface area contributed by atoms with Gasteiger partial charge >= 0.3 is 5.97 Å². The Balaban J connectivity index is 1.57. The lowest BCUT2D eigenvalue weighted by Gasteiger charge is -2.17. The number of fused-ring (bicyclic) bond motifs is 1. The third kappa shape index (κ3) is 5.01. The topological polar surface area (TPSA) is 84.5 Å². The van der Waals surface area contributed by atoms with E-state index in [1.807, 2.05) is 18.2 Å². The van der Waals surface area contributed by atoms with E-state index in [0.29, 0.717) is 29.8 Å². The molecule has 2 N–H and O–H groups in total. The minimum absolute atomic E-state index is 0.0361. The van der Waals surface area contributed by atoms with E-state index < -0.39 is 11.9 Å². The molecule has 144 valence electrons. The first-order valence-electron chi connectivity index (χ1n) is 8.79. The Morgan fingerprint density at radius 1 is 1.21 bits per heavy atom. The molecule has 0 saturated carbocycles. The van der Waals surface area contributed by atoms with E-state index >= 15 is 0 Å². The predicted octanol–water partition coefficient (Wildman–Crippen LogP) is 3.64. The monoisotopic (exact) mass is 396 g/mol. The summed E-state index contributed by atoms with van der Waals surface area (Å²) in [6, 6.07) is 12.4. The molecule has 0 atom stereocenters. The second kappa shape index (κ2) is 9.23. The van der Waals surface area contributed by atoms with Crippen molar-refractivity contribution in [1.82, 2.24) is 0 Å². The van der Waals surface area contributed by atoms with Crippen LogP contribution < -0.4 is 10.6 Å². The van der Waals surface area contributed by atoms with Gasteiger partial charge in [0.25, 0.3) is 5.91 Å². The van der Waals surface area contributed by atoms with Crippen molar-refractivity contribution in [3.8, 4) is 0 Å². The van der Waals surface area contributed by atoms with Crippen molar-refractivity contribution in [3.05, 3.63) is 66.2 Å². The Kier molecular flexibility index (Phi) is 6.49. The van der Waals surface area contributed by atoms with Gasteiger partial charge in [0.05, 0.1) is 11.3 Å². The molecule has 2 amide bonds. The Bertz CT molecular complexity index is 926. The van der Waals surface area contributed by atoms with E-state index in [4.69, 9.17) is 4.74 Å². The Morgan fingerprint density at radius 2 is 2.04 bits per heavy atom. The van der Waals surface area contributed by atoms with Crippen LogP contribution in [0.25, 0.3) is 0 Å². The van der Waals surface area contributed by atoms with Crippen LogP contribution in [0.2, 0.25) is 0 Å². The molecule has 3 rings (SSSR count). The van der Waals surface area contributed by atoms with Gasteiger partial charge in [0.2, 0.25) is 5.91 Å². The molecule has 0 spiro atoms. The fraction of sp³-hybridized carbons (Fsp3) is 0.190. The van der Waals surface area contributed by atoms with Crippen molar-refractivity contribution in [1.29, 1.82) is 0 Å². The van der Waals surface area contributed by atoms with E-state index in [0.717, 1.165) is 16.2 Å². The van der Waals surface area contributed by atoms with Gasteiger partial charge in [-0.25, -0.2) is 4.79 Å². The highest BCUT2D eigenvalue weighted by molar-refractivity contribution is 7.99. The van der Waals surface area contributed by atoms with Gasteiger partial charge in [-0.3, -0.25) is 9.59 Å². The third-order valence-electron chi connectivity index (χ3n) is 4.09. The van der Waals surface area contributed by atoms with Crippen molar-refractivity contribution in [3.63, 3.8) is 0 Å². The van der Waals surface area contributed by atoms with Gasteiger partial charge in [-0.2, -0.15) is 0 Å². The molecule has 0 fully saturated rings. The molecule has 2 aromatic carbocycles. The number of aryl methyl sites for hydroxylation is 1. The predicted molar refractivity (Wildman–Crippen MR) is 110 cm³/mol. The summed E-state index contributed by atoms with van der Waals surface area (Å²) in [5.41, 5.74) is 2.61. The highest BCUT2D eigenvalue weighted by atomic mass is 32.2. The van der Waals surface area contributed by atoms with Gasteiger partial charge in [-0.1, -0.05) is 18.2 Å². The second-order valence-corrected chi connectivity index (χ2v) is 7.20. The molecule has 1 heterocycles. The minimum atomic E-state index is -0.579. The molecule has 6 nitrogen and oxygen atoms in total. The maximum absolute atomic E-state index is 12.3. The highest BCUT2D eigenvalue weighted by Gasteiger charge is 2.18. The van der Waals surface area contributed by atoms with Gasteiger partial charge in [0.15, 0.2) is 6.61 Å². The maximum Gasteiger partial charge on any atom is 0.338 e. The van der Waals surface area contributed by atoms with E-state index in [9.17, 15) is 14.4 Å². The third-order valence-corrected chi connectivity index (χ3v) is 5.16. The largest absolute Gasteiger partial charge is 0.452 e. The average molecular weight is 396 g/mol. The van der Waals surface area contributed by atoms with E-state index in [1.165, 1.54) is 0 Å². The number of thioether (sulfide) groups is 1. The quantitative estimate of drug-likeness (QED) is 0.424. The molecular weight excluding hydrogens is 376 g/mol. The average Bonchev–Trinajstić information content (AvgIpc) is 2.71. The SMILES string of the molecule is C=CCSc1ccccc1NC(=O)COC(=O)c1ccc2c(c1)CCC(=O)N2. The number of hydrogen-bond acceptors (Lipinski definition) is 5. The lowest BCUT2D eigenvalue weighted by Crippen LogP contribution is -2.22. The van der Waals surface area contributed by atoms with Gasteiger partial charge in [0.1, 0.15) is 0 Å². The first kappa shape index (κ1) is 19.7. The van der Waals surface area contributed by atoms with Crippen LogP contribution in [0.4, 0.5) is 11.4 Å².